The molecule has 0 fully saturated rings. The van der Waals surface area contributed by atoms with Crippen LogP contribution in [0, 0.1) is 0 Å². The molecule has 0 heterocycles. The topological polar surface area (TPSA) is 88.1 Å². The predicted octanol–water partition coefficient (Wildman–Crippen LogP) is 3.66. The van der Waals surface area contributed by atoms with Crippen LogP contribution in [-0.2, 0) is 9.53 Å². The van der Waals surface area contributed by atoms with Crippen molar-refractivity contribution in [2.45, 2.75) is 0 Å². The number of carbonyl (C=O) groups is 3. The molecule has 7 heteroatoms. The van der Waals surface area contributed by atoms with Crippen molar-refractivity contribution in [2.75, 3.05) is 0 Å². The third kappa shape index (κ3) is 5.34. The maximum atomic E-state index is 12.1. The van der Waals surface area contributed by atoms with Crippen LogP contribution in [-0.4, -0.2) is 18.1 Å². The first-order valence-electron chi connectivity index (χ1n) is 7.27. The summed E-state index contributed by atoms with van der Waals surface area (Å²) in [6.07, 6.45) is 1.04. The van der Waals surface area contributed by atoms with Crippen LogP contribution in [0.2, 0.25) is 0 Å². The number of esters is 2. The first-order valence-corrected chi connectivity index (χ1v) is 7.27. The Hall–Kier alpha value is -3.87. The number of ether oxygens (including phenoxy) is 4. The van der Waals surface area contributed by atoms with E-state index in [1.165, 1.54) is 48.5 Å². The number of hydrogen-bond donors (Lipinski definition) is 0. The second kappa shape index (κ2) is 8.84. The highest BCUT2D eigenvalue weighted by molar-refractivity contribution is 5.91. The van der Waals surface area contributed by atoms with Crippen LogP contribution in [0.4, 0.5) is 4.79 Å². The Morgan fingerprint density at radius 3 is 1.77 bits per heavy atom. The van der Waals surface area contributed by atoms with Gasteiger partial charge in [0, 0.05) is 6.08 Å². The highest BCUT2D eigenvalue weighted by Gasteiger charge is 2.11. The van der Waals surface area contributed by atoms with Gasteiger partial charge in [-0.2, -0.15) is 0 Å². The van der Waals surface area contributed by atoms with Crippen molar-refractivity contribution in [1.82, 2.24) is 0 Å². The Labute approximate surface area is 149 Å². The molecule has 7 nitrogen and oxygen atoms in total. The summed E-state index contributed by atoms with van der Waals surface area (Å²) in [5.41, 5.74) is 0.247. The van der Waals surface area contributed by atoms with E-state index in [0.29, 0.717) is 5.75 Å². The first kappa shape index (κ1) is 18.5. The maximum Gasteiger partial charge on any atom is 0.518 e. The SMILES string of the molecule is C=COC(=O)Oc1ccc(C(=O)Oc2ccc(OC(=O)C=C)cc2)cc1. The van der Waals surface area contributed by atoms with Gasteiger partial charge in [-0.3, -0.25) is 0 Å². The highest BCUT2D eigenvalue weighted by Crippen LogP contribution is 2.20. The van der Waals surface area contributed by atoms with Crippen molar-refractivity contribution in [2.24, 2.45) is 0 Å². The minimum absolute atomic E-state index is 0.196. The van der Waals surface area contributed by atoms with Crippen LogP contribution in [0.1, 0.15) is 10.4 Å². The van der Waals surface area contributed by atoms with E-state index in [1.54, 1.807) is 0 Å². The summed E-state index contributed by atoms with van der Waals surface area (Å²) >= 11 is 0. The Morgan fingerprint density at radius 1 is 0.731 bits per heavy atom. The molecule has 0 saturated heterocycles. The molecule has 2 aromatic carbocycles. The van der Waals surface area contributed by atoms with Crippen molar-refractivity contribution in [1.29, 1.82) is 0 Å². The lowest BCUT2D eigenvalue weighted by atomic mass is 10.2. The monoisotopic (exact) mass is 354 g/mol. The van der Waals surface area contributed by atoms with Gasteiger partial charge in [0.25, 0.3) is 0 Å². The Balaban J connectivity index is 1.96. The van der Waals surface area contributed by atoms with E-state index in [-0.39, 0.29) is 17.1 Å². The molecule has 0 unspecified atom stereocenters. The Bertz CT molecular complexity index is 820. The quantitative estimate of drug-likeness (QED) is 0.257. The molecule has 132 valence electrons. The van der Waals surface area contributed by atoms with Crippen molar-refractivity contribution >= 4 is 18.1 Å². The van der Waals surface area contributed by atoms with Crippen molar-refractivity contribution < 1.29 is 33.3 Å². The van der Waals surface area contributed by atoms with Crippen LogP contribution in [0.5, 0.6) is 17.2 Å². The van der Waals surface area contributed by atoms with Crippen LogP contribution >= 0.6 is 0 Å². The third-order valence-corrected chi connectivity index (χ3v) is 2.89. The second-order valence-electron chi connectivity index (χ2n) is 4.65. The lowest BCUT2D eigenvalue weighted by Crippen LogP contribution is -2.09. The summed E-state index contributed by atoms with van der Waals surface area (Å²) in [5, 5.41) is 0. The van der Waals surface area contributed by atoms with E-state index in [0.717, 1.165) is 12.3 Å². The van der Waals surface area contributed by atoms with Gasteiger partial charge in [-0.1, -0.05) is 13.2 Å². The van der Waals surface area contributed by atoms with E-state index >= 15 is 0 Å². The van der Waals surface area contributed by atoms with Gasteiger partial charge in [-0.05, 0) is 48.5 Å². The second-order valence-corrected chi connectivity index (χ2v) is 4.65. The van der Waals surface area contributed by atoms with Gasteiger partial charge in [-0.15, -0.1) is 0 Å². The average Bonchev–Trinajstić information content (AvgIpc) is 2.64. The van der Waals surface area contributed by atoms with Gasteiger partial charge in [0.05, 0.1) is 11.8 Å². The Morgan fingerprint density at radius 2 is 1.23 bits per heavy atom. The number of carbonyl (C=O) groups excluding carboxylic acids is 3. The molecule has 0 bridgehead atoms. The van der Waals surface area contributed by atoms with E-state index in [1.807, 2.05) is 0 Å². The molecule has 0 saturated carbocycles. The van der Waals surface area contributed by atoms with Gasteiger partial charge in [0.15, 0.2) is 0 Å². The van der Waals surface area contributed by atoms with Gasteiger partial charge in [0.1, 0.15) is 17.2 Å². The molecule has 0 N–H and O–H groups in total. The molecule has 0 spiro atoms. The maximum absolute atomic E-state index is 12.1. The van der Waals surface area contributed by atoms with Gasteiger partial charge in [-0.25, -0.2) is 14.4 Å². The van der Waals surface area contributed by atoms with E-state index < -0.39 is 18.1 Å². The summed E-state index contributed by atoms with van der Waals surface area (Å²) in [5.74, 6) is -0.442. The fourth-order valence-corrected chi connectivity index (χ4v) is 1.75. The average molecular weight is 354 g/mol. The molecule has 0 aliphatic rings. The third-order valence-electron chi connectivity index (χ3n) is 2.89. The summed E-state index contributed by atoms with van der Waals surface area (Å²) < 4.78 is 19.4. The Kier molecular flexibility index (Phi) is 6.28. The molecule has 0 aliphatic heterocycles. The number of rotatable bonds is 6. The zero-order valence-corrected chi connectivity index (χ0v) is 13.5. The largest absolute Gasteiger partial charge is 0.518 e. The van der Waals surface area contributed by atoms with Gasteiger partial charge < -0.3 is 18.9 Å². The minimum atomic E-state index is -0.937. The molecule has 0 aromatic heterocycles. The lowest BCUT2D eigenvalue weighted by molar-refractivity contribution is -0.128. The summed E-state index contributed by atoms with van der Waals surface area (Å²) in [4.78, 5) is 34.3. The van der Waals surface area contributed by atoms with Gasteiger partial charge >= 0.3 is 18.1 Å². The fraction of sp³-hybridized carbons (Fsp3) is 0. The molecule has 26 heavy (non-hydrogen) atoms. The summed E-state index contributed by atoms with van der Waals surface area (Å²) in [6.45, 7) is 6.53. The van der Waals surface area contributed by atoms with Gasteiger partial charge in [0.2, 0.25) is 0 Å². The smallest absolute Gasteiger partial charge is 0.423 e. The first-order chi connectivity index (χ1) is 12.5. The van der Waals surface area contributed by atoms with Crippen LogP contribution in [0.25, 0.3) is 0 Å². The molecular weight excluding hydrogens is 340 g/mol. The minimum Gasteiger partial charge on any atom is -0.423 e. The predicted molar refractivity (Wildman–Crippen MR) is 91.0 cm³/mol. The normalized spacial score (nSPS) is 9.54. The molecule has 0 radical (unpaired) electrons. The molecular formula is C19H14O7. The van der Waals surface area contributed by atoms with Crippen molar-refractivity contribution in [3.8, 4) is 17.2 Å². The van der Waals surface area contributed by atoms with Crippen LogP contribution in [0.3, 0.4) is 0 Å². The highest BCUT2D eigenvalue weighted by atomic mass is 16.7. The molecule has 2 aromatic rings. The van der Waals surface area contributed by atoms with Crippen LogP contribution in [0.15, 0.2) is 74.0 Å². The molecule has 0 amide bonds. The lowest BCUT2D eigenvalue weighted by Gasteiger charge is -2.07. The zero-order chi connectivity index (χ0) is 18.9. The summed E-state index contributed by atoms with van der Waals surface area (Å²) in [7, 11) is 0. The van der Waals surface area contributed by atoms with E-state index in [9.17, 15) is 14.4 Å². The van der Waals surface area contributed by atoms with Crippen molar-refractivity contribution in [3.05, 3.63) is 79.6 Å². The van der Waals surface area contributed by atoms with Crippen molar-refractivity contribution in [3.63, 3.8) is 0 Å². The molecule has 0 aliphatic carbocycles. The van der Waals surface area contributed by atoms with Crippen LogP contribution < -0.4 is 14.2 Å². The summed E-state index contributed by atoms with van der Waals surface area (Å²) in [6, 6.07) is 11.6. The molecule has 2 rings (SSSR count). The standard InChI is InChI=1S/C19H14O7/c1-3-17(20)24-14-9-11-15(12-10-14)25-18(21)13-5-7-16(8-6-13)26-19(22)23-4-2/h3-12H,1-2H2. The van der Waals surface area contributed by atoms with E-state index in [4.69, 9.17) is 14.2 Å². The number of hydrogen-bond acceptors (Lipinski definition) is 7. The zero-order valence-electron chi connectivity index (χ0n) is 13.5. The molecule has 0 atom stereocenters. The number of benzene rings is 2. The van der Waals surface area contributed by atoms with E-state index in [2.05, 4.69) is 17.9 Å². The fourth-order valence-electron chi connectivity index (χ4n) is 1.75.